The molecule has 3 aliphatic carbocycles. The number of carbonyl (C=O) groups is 2. The first-order chi connectivity index (χ1) is 17.1. The van der Waals surface area contributed by atoms with Gasteiger partial charge in [-0.05, 0) is 77.4 Å². The third-order valence-electron chi connectivity index (χ3n) is 11.7. The molecule has 0 spiro atoms. The highest BCUT2D eigenvalue weighted by atomic mass is 19.1. The molecule has 0 aromatic rings. The normalized spacial score (nSPS) is 37.7. The van der Waals surface area contributed by atoms with Crippen molar-refractivity contribution in [1.82, 2.24) is 0 Å². The Hall–Kier alpha value is -1.54. The van der Waals surface area contributed by atoms with Crippen molar-refractivity contribution >= 4 is 11.6 Å². The fourth-order valence-corrected chi connectivity index (χ4v) is 8.21. The van der Waals surface area contributed by atoms with Crippen LogP contribution in [0.3, 0.4) is 0 Å². The summed E-state index contributed by atoms with van der Waals surface area (Å²) in [6.45, 7) is 17.4. The van der Waals surface area contributed by atoms with Gasteiger partial charge in [0.25, 0.3) is 0 Å². The molecule has 0 bridgehead atoms. The topological polar surface area (TPSA) is 67.2 Å². The summed E-state index contributed by atoms with van der Waals surface area (Å²) in [5, 5.41) is 9.72. The van der Waals surface area contributed by atoms with Crippen molar-refractivity contribution in [2.75, 3.05) is 13.5 Å². The first kappa shape index (κ1) is 30.0. The molecule has 0 heterocycles. The molecule has 7 atom stereocenters. The molecular weight excluding hydrogens is 465 g/mol. The molecule has 0 aromatic carbocycles. The van der Waals surface area contributed by atoms with Gasteiger partial charge in [-0.15, -0.1) is 0 Å². The lowest BCUT2D eigenvalue weighted by Gasteiger charge is -2.65. The number of rotatable bonds is 10. The smallest absolute Gasteiger partial charge is 0.188 e. The minimum absolute atomic E-state index is 0.0443. The summed E-state index contributed by atoms with van der Waals surface area (Å²) < 4.78 is 18.4. The van der Waals surface area contributed by atoms with Gasteiger partial charge >= 0.3 is 0 Å². The van der Waals surface area contributed by atoms with Crippen molar-refractivity contribution < 1.29 is 18.7 Å². The third kappa shape index (κ3) is 5.47. The minimum atomic E-state index is -0.771. The van der Waals surface area contributed by atoms with Crippen LogP contribution in [0.15, 0.2) is 11.6 Å². The lowest BCUT2D eigenvalue weighted by atomic mass is 9.38. The van der Waals surface area contributed by atoms with E-state index in [4.69, 9.17) is 4.74 Å². The fraction of sp³-hybridized carbons (Fsp3) is 0.844. The van der Waals surface area contributed by atoms with Crippen LogP contribution in [0.2, 0.25) is 0 Å². The highest BCUT2D eigenvalue weighted by Crippen LogP contribution is 2.69. The van der Waals surface area contributed by atoms with Gasteiger partial charge in [0, 0.05) is 18.8 Å². The van der Waals surface area contributed by atoms with Crippen LogP contribution in [0.25, 0.3) is 0 Å². The van der Waals surface area contributed by atoms with E-state index in [0.29, 0.717) is 19.4 Å². The third-order valence-corrected chi connectivity index (χ3v) is 11.7. The van der Waals surface area contributed by atoms with E-state index in [1.807, 2.05) is 13.0 Å². The van der Waals surface area contributed by atoms with Crippen molar-refractivity contribution in [3.05, 3.63) is 11.6 Å². The van der Waals surface area contributed by atoms with Gasteiger partial charge in [-0.25, -0.2) is 4.39 Å². The van der Waals surface area contributed by atoms with E-state index >= 15 is 0 Å². The Labute approximate surface area is 224 Å². The van der Waals surface area contributed by atoms with Crippen LogP contribution in [0.5, 0.6) is 0 Å². The lowest BCUT2D eigenvalue weighted by molar-refractivity contribution is -0.168. The van der Waals surface area contributed by atoms with Crippen LogP contribution in [0.4, 0.5) is 4.39 Å². The summed E-state index contributed by atoms with van der Waals surface area (Å²) in [7, 11) is 0. The van der Waals surface area contributed by atoms with Crippen LogP contribution < -0.4 is 0 Å². The van der Waals surface area contributed by atoms with Crippen molar-refractivity contribution in [2.24, 2.45) is 44.8 Å². The quantitative estimate of drug-likeness (QED) is 0.295. The van der Waals surface area contributed by atoms with Gasteiger partial charge in [0.2, 0.25) is 0 Å². The van der Waals surface area contributed by atoms with E-state index in [1.54, 1.807) is 0 Å². The number of fused-ring (bicyclic) bond motifs is 3. The van der Waals surface area contributed by atoms with Crippen LogP contribution in [-0.2, 0) is 14.3 Å². The molecule has 0 radical (unpaired) electrons. The maximum Gasteiger partial charge on any atom is 0.188 e. The van der Waals surface area contributed by atoms with E-state index in [-0.39, 0.29) is 62.0 Å². The van der Waals surface area contributed by atoms with Gasteiger partial charge in [0.05, 0.1) is 12.2 Å². The Morgan fingerprint density at radius 3 is 2.43 bits per heavy atom. The maximum absolute atomic E-state index is 13.4. The Morgan fingerprint density at radius 1 is 1.16 bits per heavy atom. The van der Waals surface area contributed by atoms with E-state index in [0.717, 1.165) is 44.9 Å². The molecule has 0 N–H and O–H groups in total. The van der Waals surface area contributed by atoms with Crippen LogP contribution in [-0.4, -0.2) is 25.0 Å². The Morgan fingerprint density at radius 2 is 1.84 bits per heavy atom. The zero-order chi connectivity index (χ0) is 27.9. The second kappa shape index (κ2) is 10.6. The second-order valence-electron chi connectivity index (χ2n) is 14.6. The number of ketones is 2. The number of ether oxygens (including phenoxy) is 1. The van der Waals surface area contributed by atoms with Gasteiger partial charge in [0.1, 0.15) is 11.9 Å². The molecule has 2 fully saturated rings. The Kier molecular flexibility index (Phi) is 8.56. The average Bonchev–Trinajstić information content (AvgIpc) is 2.84. The molecule has 0 aliphatic heterocycles. The summed E-state index contributed by atoms with van der Waals surface area (Å²) >= 11 is 0. The van der Waals surface area contributed by atoms with Gasteiger partial charge in [-0.3, -0.25) is 9.59 Å². The first-order valence-electron chi connectivity index (χ1n) is 14.4. The SMILES string of the molecule is CCC(C)(C)CC[C@@](C)(CC[C@]1(C)CC(=O)C[C@@H]2[C@@]3(C)C=C(C#N)C(=O)[C@@H](C)[C@@H]3CC[C@]21C)COCF. The molecule has 4 nitrogen and oxygen atoms in total. The number of halogens is 1. The summed E-state index contributed by atoms with van der Waals surface area (Å²) in [4.78, 5) is 26.2. The van der Waals surface area contributed by atoms with Crippen molar-refractivity contribution in [3.8, 4) is 6.07 Å². The highest BCUT2D eigenvalue weighted by Gasteiger charge is 2.64. The zero-order valence-corrected chi connectivity index (χ0v) is 24.6. The molecule has 3 aliphatic rings. The molecule has 2 saturated carbocycles. The number of hydrogen-bond donors (Lipinski definition) is 0. The minimum Gasteiger partial charge on any atom is -0.350 e. The molecular formula is C32H50FNO3. The number of nitrogens with zero attached hydrogens (tertiary/aromatic N) is 1. The molecule has 3 rings (SSSR count). The zero-order valence-electron chi connectivity index (χ0n) is 24.6. The number of carbonyl (C=O) groups excluding carboxylic acids is 2. The summed E-state index contributed by atoms with van der Waals surface area (Å²) in [6, 6.07) is 2.16. The predicted molar refractivity (Wildman–Crippen MR) is 145 cm³/mol. The van der Waals surface area contributed by atoms with E-state index in [9.17, 15) is 19.2 Å². The lowest BCUT2D eigenvalue weighted by Crippen LogP contribution is -2.60. The maximum atomic E-state index is 13.4. The molecule has 208 valence electrons. The van der Waals surface area contributed by atoms with E-state index in [1.165, 1.54) is 0 Å². The van der Waals surface area contributed by atoms with Crippen molar-refractivity contribution in [2.45, 2.75) is 113 Å². The van der Waals surface area contributed by atoms with Crippen molar-refractivity contribution in [3.63, 3.8) is 0 Å². The Balaban J connectivity index is 1.93. The number of nitriles is 1. The van der Waals surface area contributed by atoms with E-state index < -0.39 is 6.86 Å². The first-order valence-corrected chi connectivity index (χ1v) is 14.4. The Bertz CT molecular complexity index is 966. The monoisotopic (exact) mass is 515 g/mol. The second-order valence-corrected chi connectivity index (χ2v) is 14.6. The summed E-state index contributed by atoms with van der Waals surface area (Å²) in [5.41, 5.74) is -0.309. The number of Topliss-reactive ketones (excluding diaryl/α,β-unsaturated/α-hetero) is 2. The molecule has 0 unspecified atom stereocenters. The van der Waals surface area contributed by atoms with Crippen LogP contribution in [0.1, 0.15) is 113 Å². The van der Waals surface area contributed by atoms with Crippen molar-refractivity contribution in [1.29, 1.82) is 5.26 Å². The summed E-state index contributed by atoms with van der Waals surface area (Å²) in [6.07, 6.45) is 9.81. The van der Waals surface area contributed by atoms with Gasteiger partial charge in [-0.2, -0.15) is 5.26 Å². The number of hydrogen-bond acceptors (Lipinski definition) is 4. The summed E-state index contributed by atoms with van der Waals surface area (Å²) in [5.74, 6) is 0.302. The number of alkyl halides is 1. The highest BCUT2D eigenvalue weighted by molar-refractivity contribution is 6.01. The van der Waals surface area contributed by atoms with Gasteiger partial charge in [-0.1, -0.05) is 67.9 Å². The fourth-order valence-electron chi connectivity index (χ4n) is 8.21. The van der Waals surface area contributed by atoms with Gasteiger partial charge < -0.3 is 4.74 Å². The standard InChI is InChI=1S/C32H50FNO3/c1-9-28(3,4)12-13-29(5,20-37-21-33)14-15-30(6)18-24(35)16-26-31(7)17-23(19-34)27(36)22(2)25(31)10-11-32(26,30)8/h17,22,25-26H,9-16,18,20-21H2,1-8H3/t22-,25-,26+,29-,30+,31-,32+/m0/s1. The predicted octanol–water partition coefficient (Wildman–Crippen LogP) is 8.01. The van der Waals surface area contributed by atoms with E-state index in [2.05, 4.69) is 54.5 Å². The molecule has 0 aromatic heterocycles. The van der Waals surface area contributed by atoms with Crippen LogP contribution >= 0.6 is 0 Å². The molecule has 37 heavy (non-hydrogen) atoms. The molecule has 0 saturated heterocycles. The van der Waals surface area contributed by atoms with Crippen LogP contribution in [0, 0.1) is 56.2 Å². The molecule has 0 amide bonds. The number of allylic oxidation sites excluding steroid dienone is 2. The largest absolute Gasteiger partial charge is 0.350 e. The molecule has 5 heteroatoms. The average molecular weight is 516 g/mol. The van der Waals surface area contributed by atoms with Gasteiger partial charge in [0.15, 0.2) is 12.6 Å².